The summed E-state index contributed by atoms with van der Waals surface area (Å²) in [6.45, 7) is 1.94. The van der Waals surface area contributed by atoms with Crippen molar-refractivity contribution in [1.82, 2.24) is 0 Å². The van der Waals surface area contributed by atoms with E-state index in [9.17, 15) is 9.59 Å². The maximum Gasteiger partial charge on any atom is 0.203 e. The van der Waals surface area contributed by atoms with Crippen molar-refractivity contribution in [2.75, 3.05) is 0 Å². The number of hydrogen-bond acceptors (Lipinski definition) is 3. The lowest BCUT2D eigenvalue weighted by atomic mass is 10.0. The van der Waals surface area contributed by atoms with E-state index < -0.39 is 0 Å². The van der Waals surface area contributed by atoms with Crippen LogP contribution in [0.25, 0.3) is 11.0 Å². The number of aryl methyl sites for hydroxylation is 1. The Morgan fingerprint density at radius 1 is 1.00 bits per heavy atom. The van der Waals surface area contributed by atoms with Crippen LogP contribution >= 0.6 is 0 Å². The Morgan fingerprint density at radius 2 is 1.70 bits per heavy atom. The summed E-state index contributed by atoms with van der Waals surface area (Å²) in [7, 11) is 0. The molecule has 98 valence electrons. The summed E-state index contributed by atoms with van der Waals surface area (Å²) in [5.41, 5.74) is 1.80. The molecular formula is C17H12O3. The van der Waals surface area contributed by atoms with Crippen LogP contribution in [0, 0.1) is 6.92 Å². The zero-order chi connectivity index (χ0) is 14.1. The van der Waals surface area contributed by atoms with Crippen molar-refractivity contribution in [3.05, 3.63) is 81.7 Å². The molecule has 2 aromatic carbocycles. The molecule has 3 heteroatoms. The van der Waals surface area contributed by atoms with Crippen molar-refractivity contribution in [3.8, 4) is 0 Å². The maximum atomic E-state index is 12.4. The standard InChI is InChI=1S/C17H12O3/c1-11-6-8-12(9-7-11)16(18)14-10-20-15-5-3-2-4-13(15)17(14)19/h2-10H,1H3. The van der Waals surface area contributed by atoms with E-state index >= 15 is 0 Å². The largest absolute Gasteiger partial charge is 0.463 e. The molecule has 3 rings (SSSR count). The predicted octanol–water partition coefficient (Wildman–Crippen LogP) is 3.33. The highest BCUT2D eigenvalue weighted by Crippen LogP contribution is 2.13. The summed E-state index contributed by atoms with van der Waals surface area (Å²) in [6, 6.07) is 14.0. The molecule has 0 atom stereocenters. The number of hydrogen-bond donors (Lipinski definition) is 0. The SMILES string of the molecule is Cc1ccc(C(=O)c2coc3ccccc3c2=O)cc1. The van der Waals surface area contributed by atoms with Crippen LogP contribution in [0.2, 0.25) is 0 Å². The topological polar surface area (TPSA) is 47.3 Å². The second-order valence-electron chi connectivity index (χ2n) is 4.67. The van der Waals surface area contributed by atoms with Crippen molar-refractivity contribution in [2.45, 2.75) is 6.92 Å². The number of benzene rings is 2. The number of ketones is 1. The number of fused-ring (bicyclic) bond motifs is 1. The maximum absolute atomic E-state index is 12.4. The molecule has 0 fully saturated rings. The highest BCUT2D eigenvalue weighted by molar-refractivity contribution is 6.09. The molecule has 0 spiro atoms. The molecule has 0 unspecified atom stereocenters. The molecule has 1 heterocycles. The number of para-hydroxylation sites is 1. The smallest absolute Gasteiger partial charge is 0.203 e. The van der Waals surface area contributed by atoms with Crippen LogP contribution in [-0.2, 0) is 0 Å². The Labute approximate surface area is 115 Å². The Balaban J connectivity index is 2.15. The van der Waals surface area contributed by atoms with Gasteiger partial charge in [-0.15, -0.1) is 0 Å². The molecule has 0 aliphatic heterocycles. The summed E-state index contributed by atoms with van der Waals surface area (Å²) in [5, 5.41) is 0.422. The summed E-state index contributed by atoms with van der Waals surface area (Å²) in [5.74, 6) is -0.315. The van der Waals surface area contributed by atoms with E-state index in [0.717, 1.165) is 5.56 Å². The summed E-state index contributed by atoms with van der Waals surface area (Å²) in [6.07, 6.45) is 1.24. The normalized spacial score (nSPS) is 10.7. The zero-order valence-electron chi connectivity index (χ0n) is 10.9. The van der Waals surface area contributed by atoms with E-state index in [0.29, 0.717) is 16.5 Å². The fourth-order valence-corrected chi connectivity index (χ4v) is 2.10. The Morgan fingerprint density at radius 3 is 2.45 bits per heavy atom. The molecule has 20 heavy (non-hydrogen) atoms. The number of rotatable bonds is 2. The van der Waals surface area contributed by atoms with Gasteiger partial charge < -0.3 is 4.42 Å². The molecule has 0 saturated heterocycles. The van der Waals surface area contributed by atoms with Crippen LogP contribution in [0.3, 0.4) is 0 Å². The predicted molar refractivity (Wildman–Crippen MR) is 77.1 cm³/mol. The molecule has 1 aromatic heterocycles. The fourth-order valence-electron chi connectivity index (χ4n) is 2.10. The van der Waals surface area contributed by atoms with E-state index in [1.165, 1.54) is 6.26 Å². The molecule has 0 N–H and O–H groups in total. The van der Waals surface area contributed by atoms with Crippen LogP contribution in [0.4, 0.5) is 0 Å². The number of carbonyl (C=O) groups is 1. The van der Waals surface area contributed by atoms with Crippen LogP contribution in [0.15, 0.2) is 64.0 Å². The molecule has 0 amide bonds. The lowest BCUT2D eigenvalue weighted by Crippen LogP contribution is -2.15. The Hall–Kier alpha value is -2.68. The van der Waals surface area contributed by atoms with E-state index in [2.05, 4.69) is 0 Å². The summed E-state index contributed by atoms with van der Waals surface area (Å²) in [4.78, 5) is 24.7. The first kappa shape index (κ1) is 12.4. The lowest BCUT2D eigenvalue weighted by Gasteiger charge is -2.02. The minimum atomic E-state index is -0.315. The third-order valence-electron chi connectivity index (χ3n) is 3.24. The van der Waals surface area contributed by atoms with Crippen molar-refractivity contribution < 1.29 is 9.21 Å². The second kappa shape index (κ2) is 4.78. The third kappa shape index (κ3) is 2.03. The first-order valence-corrected chi connectivity index (χ1v) is 6.29. The van der Waals surface area contributed by atoms with Gasteiger partial charge in [-0.25, -0.2) is 0 Å². The van der Waals surface area contributed by atoms with Crippen molar-refractivity contribution in [1.29, 1.82) is 0 Å². The van der Waals surface area contributed by atoms with Gasteiger partial charge in [-0.2, -0.15) is 0 Å². The van der Waals surface area contributed by atoms with Crippen molar-refractivity contribution in [2.24, 2.45) is 0 Å². The van der Waals surface area contributed by atoms with Crippen molar-refractivity contribution in [3.63, 3.8) is 0 Å². The van der Waals surface area contributed by atoms with Gasteiger partial charge in [0.2, 0.25) is 5.43 Å². The average Bonchev–Trinajstić information content (AvgIpc) is 2.48. The second-order valence-corrected chi connectivity index (χ2v) is 4.67. The first-order valence-electron chi connectivity index (χ1n) is 6.29. The lowest BCUT2D eigenvalue weighted by molar-refractivity contribution is 0.103. The molecule has 0 saturated carbocycles. The van der Waals surface area contributed by atoms with Crippen LogP contribution in [0.5, 0.6) is 0 Å². The van der Waals surface area contributed by atoms with Gasteiger partial charge in [-0.3, -0.25) is 9.59 Å². The van der Waals surface area contributed by atoms with Gasteiger partial charge in [0.05, 0.1) is 5.39 Å². The monoisotopic (exact) mass is 264 g/mol. The Bertz CT molecular complexity index is 842. The number of carbonyl (C=O) groups excluding carboxylic acids is 1. The van der Waals surface area contributed by atoms with E-state index in [1.54, 1.807) is 36.4 Å². The fraction of sp³-hybridized carbons (Fsp3) is 0.0588. The third-order valence-corrected chi connectivity index (χ3v) is 3.24. The molecule has 3 aromatic rings. The molecular weight excluding hydrogens is 252 g/mol. The van der Waals surface area contributed by atoms with Gasteiger partial charge in [-0.1, -0.05) is 42.0 Å². The molecule has 3 nitrogen and oxygen atoms in total. The van der Waals surface area contributed by atoms with Gasteiger partial charge in [0, 0.05) is 5.56 Å². The molecule has 0 aliphatic carbocycles. The van der Waals surface area contributed by atoms with Gasteiger partial charge >= 0.3 is 0 Å². The summed E-state index contributed by atoms with van der Waals surface area (Å²) < 4.78 is 5.37. The first-order chi connectivity index (χ1) is 9.66. The highest BCUT2D eigenvalue weighted by Gasteiger charge is 2.15. The minimum absolute atomic E-state index is 0.0625. The highest BCUT2D eigenvalue weighted by atomic mass is 16.3. The van der Waals surface area contributed by atoms with Crippen LogP contribution in [-0.4, -0.2) is 5.78 Å². The zero-order valence-corrected chi connectivity index (χ0v) is 10.9. The molecule has 0 radical (unpaired) electrons. The van der Waals surface area contributed by atoms with Gasteiger partial charge in [0.15, 0.2) is 5.78 Å². The Kier molecular flexibility index (Phi) is 2.95. The van der Waals surface area contributed by atoms with E-state index in [-0.39, 0.29) is 16.8 Å². The average molecular weight is 264 g/mol. The molecule has 0 bridgehead atoms. The van der Waals surface area contributed by atoms with E-state index in [4.69, 9.17) is 4.42 Å². The van der Waals surface area contributed by atoms with Crippen LogP contribution in [0.1, 0.15) is 21.5 Å². The van der Waals surface area contributed by atoms with E-state index in [1.807, 2.05) is 19.1 Å². The quantitative estimate of drug-likeness (QED) is 0.667. The van der Waals surface area contributed by atoms with Crippen molar-refractivity contribution >= 4 is 16.8 Å². The van der Waals surface area contributed by atoms with Gasteiger partial charge in [0.1, 0.15) is 17.4 Å². The van der Waals surface area contributed by atoms with Gasteiger partial charge in [-0.05, 0) is 19.1 Å². The minimum Gasteiger partial charge on any atom is -0.463 e. The van der Waals surface area contributed by atoms with Gasteiger partial charge in [0.25, 0.3) is 0 Å². The van der Waals surface area contributed by atoms with Crippen LogP contribution < -0.4 is 5.43 Å². The molecule has 0 aliphatic rings. The summed E-state index contributed by atoms with van der Waals surface area (Å²) >= 11 is 0.